The first-order chi connectivity index (χ1) is 6.33. The summed E-state index contributed by atoms with van der Waals surface area (Å²) in [6, 6.07) is 5.61. The Hall–Kier alpha value is -0.770. The van der Waals surface area contributed by atoms with Crippen LogP contribution in [-0.2, 0) is 4.84 Å². The predicted molar refractivity (Wildman–Crippen MR) is 49.8 cm³/mol. The molecule has 0 fully saturated rings. The number of hydrogen-bond acceptors (Lipinski definition) is 3. The molecule has 1 aliphatic rings. The van der Waals surface area contributed by atoms with E-state index in [9.17, 15) is 0 Å². The molecule has 0 spiro atoms. The molecule has 0 radical (unpaired) electrons. The summed E-state index contributed by atoms with van der Waals surface area (Å²) >= 11 is 6.02. The van der Waals surface area contributed by atoms with Gasteiger partial charge in [0.2, 0.25) is 0 Å². The summed E-state index contributed by atoms with van der Waals surface area (Å²) in [6.45, 7) is 1.03. The third kappa shape index (κ3) is 1.50. The van der Waals surface area contributed by atoms with Crippen molar-refractivity contribution in [2.45, 2.75) is 5.92 Å². The predicted octanol–water partition coefficient (Wildman–Crippen LogP) is 1.71. The van der Waals surface area contributed by atoms with E-state index >= 15 is 0 Å². The minimum absolute atomic E-state index is 0.161. The van der Waals surface area contributed by atoms with E-state index in [-0.39, 0.29) is 5.92 Å². The fraction of sp³-hybridized carbons (Fsp3) is 0.333. The zero-order valence-electron chi connectivity index (χ0n) is 7.00. The molecule has 1 heterocycles. The minimum Gasteiger partial charge on any atom is -0.493 e. The second kappa shape index (κ2) is 3.54. The number of fused-ring (bicyclic) bond motifs is 1. The Morgan fingerprint density at radius 3 is 3.23 bits per heavy atom. The van der Waals surface area contributed by atoms with E-state index in [0.29, 0.717) is 13.2 Å². The normalized spacial score (nSPS) is 19.7. The summed E-state index contributed by atoms with van der Waals surface area (Å²) in [6.07, 6.45) is 0. The highest BCUT2D eigenvalue weighted by atomic mass is 35.5. The molecule has 0 bridgehead atoms. The fourth-order valence-corrected chi connectivity index (χ4v) is 1.88. The van der Waals surface area contributed by atoms with Gasteiger partial charge < -0.3 is 9.57 Å². The summed E-state index contributed by atoms with van der Waals surface area (Å²) in [5, 5.41) is 0.719. The van der Waals surface area contributed by atoms with Gasteiger partial charge in [-0.05, 0) is 12.1 Å². The van der Waals surface area contributed by atoms with Crippen molar-refractivity contribution >= 4 is 11.6 Å². The summed E-state index contributed by atoms with van der Waals surface area (Å²) in [5.74, 6) is 6.02. The van der Waals surface area contributed by atoms with E-state index in [0.717, 1.165) is 16.3 Å². The maximum atomic E-state index is 6.02. The molecule has 1 aliphatic heterocycles. The van der Waals surface area contributed by atoms with Crippen molar-refractivity contribution in [1.29, 1.82) is 0 Å². The van der Waals surface area contributed by atoms with Gasteiger partial charge in [0.15, 0.2) is 0 Å². The summed E-state index contributed by atoms with van der Waals surface area (Å²) < 4.78 is 5.42. The van der Waals surface area contributed by atoms with Gasteiger partial charge in [-0.25, -0.2) is 5.90 Å². The van der Waals surface area contributed by atoms with Gasteiger partial charge in [-0.1, -0.05) is 17.7 Å². The van der Waals surface area contributed by atoms with Gasteiger partial charge in [0, 0.05) is 16.5 Å². The molecule has 13 heavy (non-hydrogen) atoms. The van der Waals surface area contributed by atoms with Crippen molar-refractivity contribution < 1.29 is 9.57 Å². The Kier molecular flexibility index (Phi) is 2.40. The molecule has 70 valence electrons. The lowest BCUT2D eigenvalue weighted by atomic mass is 10.0. The highest BCUT2D eigenvalue weighted by Gasteiger charge is 2.26. The minimum atomic E-state index is 0.161. The molecule has 1 aromatic rings. The maximum absolute atomic E-state index is 6.02. The van der Waals surface area contributed by atoms with E-state index < -0.39 is 0 Å². The van der Waals surface area contributed by atoms with Crippen LogP contribution < -0.4 is 10.6 Å². The Morgan fingerprint density at radius 1 is 1.62 bits per heavy atom. The van der Waals surface area contributed by atoms with Gasteiger partial charge >= 0.3 is 0 Å². The summed E-state index contributed by atoms with van der Waals surface area (Å²) in [5.41, 5.74) is 1.01. The Balaban J connectivity index is 2.34. The monoisotopic (exact) mass is 199 g/mol. The van der Waals surface area contributed by atoms with Crippen LogP contribution in [0.5, 0.6) is 5.75 Å². The lowest BCUT2D eigenvalue weighted by molar-refractivity contribution is 0.115. The Bertz CT molecular complexity index is 314. The second-order valence-corrected chi connectivity index (χ2v) is 3.40. The van der Waals surface area contributed by atoms with E-state index in [1.165, 1.54) is 0 Å². The van der Waals surface area contributed by atoms with Crippen LogP contribution in [0.2, 0.25) is 5.02 Å². The Labute approximate surface area is 81.3 Å². The van der Waals surface area contributed by atoms with E-state index in [1.54, 1.807) is 0 Å². The molecule has 1 unspecified atom stereocenters. The SMILES string of the molecule is NOCC1COc2cccc(Cl)c21. The highest BCUT2D eigenvalue weighted by molar-refractivity contribution is 6.31. The lowest BCUT2D eigenvalue weighted by Crippen LogP contribution is -2.12. The molecule has 3 nitrogen and oxygen atoms in total. The molecular weight excluding hydrogens is 190 g/mol. The van der Waals surface area contributed by atoms with Crippen LogP contribution in [0, 0.1) is 0 Å². The first kappa shape index (κ1) is 8.81. The van der Waals surface area contributed by atoms with Crippen molar-refractivity contribution in [2.24, 2.45) is 5.90 Å². The quantitative estimate of drug-likeness (QED) is 0.738. The third-order valence-electron chi connectivity index (χ3n) is 2.16. The van der Waals surface area contributed by atoms with Crippen molar-refractivity contribution in [3.63, 3.8) is 0 Å². The number of rotatable bonds is 2. The number of hydrogen-bond donors (Lipinski definition) is 1. The molecular formula is C9H10ClNO2. The van der Waals surface area contributed by atoms with Gasteiger partial charge in [-0.3, -0.25) is 0 Å². The zero-order chi connectivity index (χ0) is 9.26. The van der Waals surface area contributed by atoms with Crippen LogP contribution in [0.15, 0.2) is 18.2 Å². The van der Waals surface area contributed by atoms with Crippen molar-refractivity contribution in [3.05, 3.63) is 28.8 Å². The molecule has 4 heteroatoms. The Morgan fingerprint density at radius 2 is 2.46 bits per heavy atom. The molecule has 0 saturated carbocycles. The molecule has 2 rings (SSSR count). The van der Waals surface area contributed by atoms with Gasteiger partial charge in [-0.15, -0.1) is 0 Å². The molecule has 1 atom stereocenters. The topological polar surface area (TPSA) is 44.5 Å². The standard InChI is InChI=1S/C9H10ClNO2/c10-7-2-1-3-8-9(7)6(4-12-8)5-13-11/h1-3,6H,4-5,11H2. The first-order valence-corrected chi connectivity index (χ1v) is 4.43. The van der Waals surface area contributed by atoms with Crippen LogP contribution in [0.3, 0.4) is 0 Å². The average Bonchev–Trinajstić information content (AvgIpc) is 2.51. The number of halogens is 1. The molecule has 2 N–H and O–H groups in total. The molecule has 0 saturated heterocycles. The summed E-state index contributed by atoms with van der Waals surface area (Å²) in [4.78, 5) is 4.60. The summed E-state index contributed by atoms with van der Waals surface area (Å²) in [7, 11) is 0. The van der Waals surface area contributed by atoms with Gasteiger partial charge in [0.05, 0.1) is 13.2 Å². The van der Waals surface area contributed by atoms with E-state index in [2.05, 4.69) is 4.84 Å². The van der Waals surface area contributed by atoms with E-state index in [4.69, 9.17) is 22.2 Å². The van der Waals surface area contributed by atoms with Crippen LogP contribution in [0.25, 0.3) is 0 Å². The van der Waals surface area contributed by atoms with Crippen molar-refractivity contribution in [1.82, 2.24) is 0 Å². The van der Waals surface area contributed by atoms with Crippen LogP contribution >= 0.6 is 11.6 Å². The molecule has 0 aromatic heterocycles. The zero-order valence-corrected chi connectivity index (χ0v) is 7.75. The van der Waals surface area contributed by atoms with Gasteiger partial charge in [-0.2, -0.15) is 0 Å². The van der Waals surface area contributed by atoms with Gasteiger partial charge in [0.1, 0.15) is 5.75 Å². The third-order valence-corrected chi connectivity index (χ3v) is 2.49. The lowest BCUT2D eigenvalue weighted by Gasteiger charge is -2.07. The van der Waals surface area contributed by atoms with Crippen LogP contribution in [0.4, 0.5) is 0 Å². The number of ether oxygens (including phenoxy) is 1. The highest BCUT2D eigenvalue weighted by Crippen LogP contribution is 2.38. The molecule has 0 amide bonds. The van der Waals surface area contributed by atoms with Gasteiger partial charge in [0.25, 0.3) is 0 Å². The maximum Gasteiger partial charge on any atom is 0.124 e. The smallest absolute Gasteiger partial charge is 0.124 e. The van der Waals surface area contributed by atoms with Crippen molar-refractivity contribution in [3.8, 4) is 5.75 Å². The van der Waals surface area contributed by atoms with E-state index in [1.807, 2.05) is 18.2 Å². The average molecular weight is 200 g/mol. The molecule has 0 aliphatic carbocycles. The van der Waals surface area contributed by atoms with Crippen LogP contribution in [-0.4, -0.2) is 13.2 Å². The number of nitrogens with two attached hydrogens (primary N) is 1. The van der Waals surface area contributed by atoms with Crippen molar-refractivity contribution in [2.75, 3.05) is 13.2 Å². The largest absolute Gasteiger partial charge is 0.493 e. The fourth-order valence-electron chi connectivity index (χ4n) is 1.56. The number of benzene rings is 1. The first-order valence-electron chi connectivity index (χ1n) is 4.06. The second-order valence-electron chi connectivity index (χ2n) is 2.99. The molecule has 1 aromatic carbocycles. The van der Waals surface area contributed by atoms with Crippen LogP contribution in [0.1, 0.15) is 11.5 Å².